The highest BCUT2D eigenvalue weighted by atomic mass is 19.4. The van der Waals surface area contributed by atoms with Gasteiger partial charge in [-0.25, -0.2) is 9.97 Å². The summed E-state index contributed by atoms with van der Waals surface area (Å²) in [5.41, 5.74) is 7.64. The fraction of sp³-hybridized carbons (Fsp3) is 0.192. The Morgan fingerprint density at radius 1 is 1.00 bits per heavy atom. The van der Waals surface area contributed by atoms with Crippen molar-refractivity contribution in [1.82, 2.24) is 9.97 Å². The minimum Gasteiger partial charge on any atom is -0.480 e. The highest BCUT2D eigenvalue weighted by molar-refractivity contribution is 5.83. The predicted molar refractivity (Wildman–Crippen MR) is 128 cm³/mol. The Morgan fingerprint density at radius 2 is 1.69 bits per heavy atom. The van der Waals surface area contributed by atoms with Crippen molar-refractivity contribution < 1.29 is 23.1 Å². The van der Waals surface area contributed by atoms with Gasteiger partial charge in [0, 0.05) is 17.7 Å². The molecule has 2 unspecified atom stereocenters. The molecule has 180 valence electrons. The topological polar surface area (TPSA) is 101 Å². The summed E-state index contributed by atoms with van der Waals surface area (Å²) in [7, 11) is 0. The van der Waals surface area contributed by atoms with E-state index in [-0.39, 0.29) is 24.0 Å². The van der Waals surface area contributed by atoms with Crippen molar-refractivity contribution in [3.05, 3.63) is 89.7 Å². The van der Waals surface area contributed by atoms with Crippen molar-refractivity contribution in [1.29, 1.82) is 0 Å². The molecule has 0 fully saturated rings. The Labute approximate surface area is 199 Å². The van der Waals surface area contributed by atoms with E-state index in [2.05, 4.69) is 15.3 Å². The molecule has 35 heavy (non-hydrogen) atoms. The van der Waals surface area contributed by atoms with Crippen LogP contribution < -0.4 is 11.1 Å². The van der Waals surface area contributed by atoms with Gasteiger partial charge in [-0.2, -0.15) is 13.2 Å². The Bertz CT molecular complexity index is 1360. The van der Waals surface area contributed by atoms with Crippen LogP contribution in [-0.2, 0) is 17.4 Å². The number of hydrogen-bond donors (Lipinski definition) is 3. The molecule has 0 spiro atoms. The number of aromatic nitrogens is 2. The first-order valence-corrected chi connectivity index (χ1v) is 10.9. The van der Waals surface area contributed by atoms with Gasteiger partial charge in [0.25, 0.3) is 0 Å². The van der Waals surface area contributed by atoms with Crippen LogP contribution in [0.3, 0.4) is 0 Å². The van der Waals surface area contributed by atoms with E-state index < -0.39 is 24.0 Å². The van der Waals surface area contributed by atoms with E-state index in [0.29, 0.717) is 11.1 Å². The van der Waals surface area contributed by atoms with Crippen molar-refractivity contribution in [3.63, 3.8) is 0 Å². The smallest absolute Gasteiger partial charge is 0.451 e. The van der Waals surface area contributed by atoms with Crippen LogP contribution in [0.15, 0.2) is 72.8 Å². The number of fused-ring (bicyclic) bond motifs is 1. The average Bonchev–Trinajstić information content (AvgIpc) is 2.83. The number of hydrogen-bond acceptors (Lipinski definition) is 5. The van der Waals surface area contributed by atoms with Gasteiger partial charge in [0.05, 0.1) is 5.69 Å². The molecule has 0 aliphatic rings. The number of aliphatic carboxylic acids is 1. The molecule has 0 amide bonds. The molecule has 4 aromatic rings. The maximum atomic E-state index is 13.6. The lowest BCUT2D eigenvalue weighted by Crippen LogP contribution is -2.32. The van der Waals surface area contributed by atoms with Gasteiger partial charge in [-0.3, -0.25) is 4.79 Å². The van der Waals surface area contributed by atoms with E-state index in [9.17, 15) is 18.0 Å². The number of carboxylic acid groups (broad SMARTS) is 1. The van der Waals surface area contributed by atoms with Crippen LogP contribution in [0.2, 0.25) is 0 Å². The minimum absolute atomic E-state index is 0.0416. The molecule has 0 radical (unpaired) electrons. The van der Waals surface area contributed by atoms with Crippen molar-refractivity contribution >= 4 is 22.6 Å². The fourth-order valence-corrected chi connectivity index (χ4v) is 3.73. The molecule has 0 aliphatic heterocycles. The number of halogens is 3. The Balaban J connectivity index is 1.63. The zero-order valence-electron chi connectivity index (χ0n) is 18.8. The first kappa shape index (κ1) is 24.2. The normalized spacial score (nSPS) is 13.4. The molecule has 1 heterocycles. The van der Waals surface area contributed by atoms with E-state index in [1.165, 1.54) is 6.07 Å². The zero-order valence-corrected chi connectivity index (χ0v) is 18.8. The average molecular weight is 480 g/mol. The number of carbonyl (C=O) groups is 1. The van der Waals surface area contributed by atoms with Crippen LogP contribution in [-0.4, -0.2) is 27.1 Å². The Hall–Kier alpha value is -3.98. The van der Waals surface area contributed by atoms with E-state index in [1.54, 1.807) is 24.3 Å². The summed E-state index contributed by atoms with van der Waals surface area (Å²) in [5, 5.41) is 14.1. The standard InChI is InChI=1S/C26H23F3N4O2/c1-15(19-11-10-17-4-2-3-5-20(17)13-19)31-23-14-22(32-25(33-23)26(27,28)29)18-8-6-16(7-9-18)12-21(30)24(34)35/h2-11,13-15,21H,12,30H2,1H3,(H,34,35)(H,31,32,33). The van der Waals surface area contributed by atoms with Crippen molar-refractivity contribution in [2.75, 3.05) is 5.32 Å². The maximum absolute atomic E-state index is 13.6. The van der Waals surface area contributed by atoms with Crippen molar-refractivity contribution in [3.8, 4) is 11.3 Å². The van der Waals surface area contributed by atoms with Crippen LogP contribution in [0.1, 0.15) is 29.9 Å². The second kappa shape index (κ2) is 9.71. The number of anilines is 1. The Morgan fingerprint density at radius 3 is 2.34 bits per heavy atom. The van der Waals surface area contributed by atoms with Gasteiger partial charge >= 0.3 is 12.1 Å². The maximum Gasteiger partial charge on any atom is 0.451 e. The van der Waals surface area contributed by atoms with Gasteiger partial charge < -0.3 is 16.2 Å². The van der Waals surface area contributed by atoms with Crippen LogP contribution in [0.5, 0.6) is 0 Å². The van der Waals surface area contributed by atoms with Gasteiger partial charge in [0.2, 0.25) is 5.82 Å². The number of nitrogens with zero attached hydrogens (tertiary/aromatic N) is 2. The molecule has 0 aliphatic carbocycles. The number of benzene rings is 3. The number of carboxylic acids is 1. The first-order valence-electron chi connectivity index (χ1n) is 10.9. The second-order valence-electron chi connectivity index (χ2n) is 8.28. The molecule has 0 saturated heterocycles. The van der Waals surface area contributed by atoms with E-state index >= 15 is 0 Å². The largest absolute Gasteiger partial charge is 0.480 e. The third-order valence-electron chi connectivity index (χ3n) is 5.64. The molecule has 4 rings (SSSR count). The molecular weight excluding hydrogens is 457 g/mol. The van der Waals surface area contributed by atoms with Crippen LogP contribution >= 0.6 is 0 Å². The lowest BCUT2D eigenvalue weighted by molar-refractivity contribution is -0.144. The molecule has 0 bridgehead atoms. The molecule has 1 aromatic heterocycles. The van der Waals surface area contributed by atoms with Gasteiger partial charge in [-0.05, 0) is 41.3 Å². The molecule has 6 nitrogen and oxygen atoms in total. The molecular formula is C26H23F3N4O2. The lowest BCUT2D eigenvalue weighted by Gasteiger charge is -2.18. The molecule has 3 aromatic carbocycles. The summed E-state index contributed by atoms with van der Waals surface area (Å²) in [6.45, 7) is 1.85. The minimum atomic E-state index is -4.73. The summed E-state index contributed by atoms with van der Waals surface area (Å²) in [6.07, 6.45) is -4.63. The quantitative estimate of drug-likeness (QED) is 0.326. The number of alkyl halides is 3. The van der Waals surface area contributed by atoms with E-state index in [4.69, 9.17) is 10.8 Å². The predicted octanol–water partition coefficient (Wildman–Crippen LogP) is 5.44. The zero-order chi connectivity index (χ0) is 25.2. The summed E-state index contributed by atoms with van der Waals surface area (Å²) in [6, 6.07) is 20.2. The molecule has 0 saturated carbocycles. The van der Waals surface area contributed by atoms with Gasteiger partial charge in [0.1, 0.15) is 11.9 Å². The molecule has 2 atom stereocenters. The number of rotatable bonds is 7. The number of nitrogens with one attached hydrogen (secondary N) is 1. The highest BCUT2D eigenvalue weighted by Crippen LogP contribution is 2.31. The molecule has 9 heteroatoms. The monoisotopic (exact) mass is 480 g/mol. The highest BCUT2D eigenvalue weighted by Gasteiger charge is 2.35. The van der Waals surface area contributed by atoms with Crippen molar-refractivity contribution in [2.24, 2.45) is 5.73 Å². The number of nitrogens with two attached hydrogens (primary N) is 1. The first-order chi connectivity index (χ1) is 16.6. The Kier molecular flexibility index (Phi) is 6.70. The van der Waals surface area contributed by atoms with Crippen LogP contribution in [0.4, 0.5) is 19.0 Å². The summed E-state index contributed by atoms with van der Waals surface area (Å²) in [4.78, 5) is 18.4. The van der Waals surface area contributed by atoms with E-state index in [0.717, 1.165) is 16.3 Å². The third kappa shape index (κ3) is 5.75. The van der Waals surface area contributed by atoms with Gasteiger partial charge in [0.15, 0.2) is 0 Å². The van der Waals surface area contributed by atoms with Gasteiger partial charge in [-0.15, -0.1) is 0 Å². The van der Waals surface area contributed by atoms with Crippen molar-refractivity contribution in [2.45, 2.75) is 31.6 Å². The van der Waals surface area contributed by atoms with Crippen LogP contribution in [0, 0.1) is 0 Å². The lowest BCUT2D eigenvalue weighted by atomic mass is 10.0. The fourth-order valence-electron chi connectivity index (χ4n) is 3.73. The van der Waals surface area contributed by atoms with Crippen LogP contribution in [0.25, 0.3) is 22.0 Å². The third-order valence-corrected chi connectivity index (χ3v) is 5.64. The summed E-state index contributed by atoms with van der Waals surface area (Å²) < 4.78 is 40.7. The summed E-state index contributed by atoms with van der Waals surface area (Å²) >= 11 is 0. The SMILES string of the molecule is CC(Nc1cc(-c2ccc(CC(N)C(=O)O)cc2)nc(C(F)(F)F)n1)c1ccc2ccccc2c1. The summed E-state index contributed by atoms with van der Waals surface area (Å²) in [5.74, 6) is -2.34. The van der Waals surface area contributed by atoms with E-state index in [1.807, 2.05) is 49.4 Å². The molecule has 4 N–H and O–H groups in total. The van der Waals surface area contributed by atoms with Gasteiger partial charge in [-0.1, -0.05) is 60.7 Å². The second-order valence-corrected chi connectivity index (χ2v) is 8.28.